The molecule has 4 heteroatoms. The number of ketones is 1. The van der Waals surface area contributed by atoms with Crippen LogP contribution in [0.4, 0.5) is 0 Å². The molecule has 0 heterocycles. The van der Waals surface area contributed by atoms with Crippen LogP contribution in [-0.4, -0.2) is 24.0 Å². The third kappa shape index (κ3) is 3.13. The molecular formula is C5H9NO2S. The highest BCUT2D eigenvalue weighted by Crippen LogP contribution is 1.76. The van der Waals surface area contributed by atoms with E-state index in [2.05, 4.69) is 17.9 Å². The molecule has 0 aliphatic rings. The summed E-state index contributed by atoms with van der Waals surface area (Å²) in [7, 11) is 0. The number of thiol groups is 1. The van der Waals surface area contributed by atoms with Crippen molar-refractivity contribution in [1.82, 2.24) is 5.32 Å². The fourth-order valence-corrected chi connectivity index (χ4v) is 0.475. The number of hydrogen-bond acceptors (Lipinski definition) is 3. The molecule has 0 aliphatic carbocycles. The first-order valence-electron chi connectivity index (χ1n) is 2.64. The smallest absolute Gasteiger partial charge is 0.288 e. The Labute approximate surface area is 59.2 Å². The van der Waals surface area contributed by atoms with Crippen molar-refractivity contribution in [3.8, 4) is 0 Å². The summed E-state index contributed by atoms with van der Waals surface area (Å²) in [6, 6.07) is 0. The molecule has 0 saturated heterocycles. The molecule has 9 heavy (non-hydrogen) atoms. The molecule has 0 rings (SSSR count). The standard InChI is InChI=1S/C5H9NO2S/c1-2-6-5(8)4(7)3-9/h9H,2-3H2,1H3,(H,6,8). The fourth-order valence-electron chi connectivity index (χ4n) is 0.331. The molecular weight excluding hydrogens is 138 g/mol. The average Bonchev–Trinajstić information content (AvgIpc) is 1.87. The Morgan fingerprint density at radius 2 is 2.11 bits per heavy atom. The van der Waals surface area contributed by atoms with Gasteiger partial charge in [-0.25, -0.2) is 0 Å². The molecule has 3 nitrogen and oxygen atoms in total. The van der Waals surface area contributed by atoms with E-state index in [0.29, 0.717) is 6.54 Å². The molecule has 1 amide bonds. The molecule has 0 atom stereocenters. The number of hydrogen-bond donors (Lipinski definition) is 2. The number of rotatable bonds is 3. The highest BCUT2D eigenvalue weighted by atomic mass is 32.1. The summed E-state index contributed by atoms with van der Waals surface area (Å²) in [6.45, 7) is 2.24. The first-order valence-corrected chi connectivity index (χ1v) is 3.27. The fraction of sp³-hybridized carbons (Fsp3) is 0.600. The van der Waals surface area contributed by atoms with Gasteiger partial charge in [0.1, 0.15) is 0 Å². The third-order valence-electron chi connectivity index (χ3n) is 0.734. The highest BCUT2D eigenvalue weighted by molar-refractivity contribution is 7.81. The quantitative estimate of drug-likeness (QED) is 0.422. The molecule has 0 fully saturated rings. The summed E-state index contributed by atoms with van der Waals surface area (Å²) >= 11 is 3.64. The van der Waals surface area contributed by atoms with Gasteiger partial charge in [-0.15, -0.1) is 0 Å². The van der Waals surface area contributed by atoms with Gasteiger partial charge in [-0.1, -0.05) is 0 Å². The van der Waals surface area contributed by atoms with E-state index in [1.807, 2.05) is 0 Å². The van der Waals surface area contributed by atoms with Crippen LogP contribution >= 0.6 is 12.6 Å². The molecule has 0 aliphatic heterocycles. The zero-order valence-electron chi connectivity index (χ0n) is 5.18. The van der Waals surface area contributed by atoms with Crippen LogP contribution in [0, 0.1) is 0 Å². The molecule has 0 saturated carbocycles. The topological polar surface area (TPSA) is 46.2 Å². The normalized spacial score (nSPS) is 8.67. The van der Waals surface area contributed by atoms with Crippen LogP contribution in [0.3, 0.4) is 0 Å². The van der Waals surface area contributed by atoms with Crippen molar-refractivity contribution in [1.29, 1.82) is 0 Å². The van der Waals surface area contributed by atoms with Crippen LogP contribution in [-0.2, 0) is 9.59 Å². The Kier molecular flexibility index (Phi) is 4.13. The zero-order valence-corrected chi connectivity index (χ0v) is 6.07. The predicted molar refractivity (Wildman–Crippen MR) is 37.5 cm³/mol. The first-order chi connectivity index (χ1) is 4.22. The van der Waals surface area contributed by atoms with Crippen LogP contribution in [0.5, 0.6) is 0 Å². The largest absolute Gasteiger partial charge is 0.350 e. The van der Waals surface area contributed by atoms with Crippen molar-refractivity contribution in [2.24, 2.45) is 0 Å². The van der Waals surface area contributed by atoms with Crippen molar-refractivity contribution in [2.75, 3.05) is 12.3 Å². The van der Waals surface area contributed by atoms with Gasteiger partial charge in [0.25, 0.3) is 5.91 Å². The van der Waals surface area contributed by atoms with Gasteiger partial charge in [0.2, 0.25) is 5.78 Å². The molecule has 0 unspecified atom stereocenters. The Morgan fingerprint density at radius 3 is 2.44 bits per heavy atom. The lowest BCUT2D eigenvalue weighted by Gasteiger charge is -1.95. The van der Waals surface area contributed by atoms with Gasteiger partial charge in [0.05, 0.1) is 5.75 Å². The second kappa shape index (κ2) is 4.38. The van der Waals surface area contributed by atoms with Crippen LogP contribution in [0.1, 0.15) is 6.92 Å². The van der Waals surface area contributed by atoms with Gasteiger partial charge < -0.3 is 5.32 Å². The summed E-state index contributed by atoms with van der Waals surface area (Å²) in [5.41, 5.74) is 0. The maximum atomic E-state index is 10.5. The minimum Gasteiger partial charge on any atom is -0.350 e. The minimum atomic E-state index is -0.549. The molecule has 0 aromatic carbocycles. The lowest BCUT2D eigenvalue weighted by atomic mass is 10.4. The zero-order chi connectivity index (χ0) is 7.28. The van der Waals surface area contributed by atoms with Crippen LogP contribution in [0.15, 0.2) is 0 Å². The molecule has 1 N–H and O–H groups in total. The number of nitrogens with one attached hydrogen (secondary N) is 1. The monoisotopic (exact) mass is 147 g/mol. The summed E-state index contributed by atoms with van der Waals surface area (Å²) < 4.78 is 0. The van der Waals surface area contributed by atoms with Crippen molar-refractivity contribution in [2.45, 2.75) is 6.92 Å². The number of Topliss-reactive ketones (excluding diaryl/α,β-unsaturated/α-hetero) is 1. The average molecular weight is 147 g/mol. The first kappa shape index (κ1) is 8.49. The van der Waals surface area contributed by atoms with Crippen molar-refractivity contribution >= 4 is 24.3 Å². The summed E-state index contributed by atoms with van der Waals surface area (Å²) in [4.78, 5) is 20.9. The van der Waals surface area contributed by atoms with Crippen molar-refractivity contribution in [3.63, 3.8) is 0 Å². The summed E-state index contributed by atoms with van der Waals surface area (Å²) in [5, 5.41) is 2.36. The lowest BCUT2D eigenvalue weighted by Crippen LogP contribution is -2.31. The van der Waals surface area contributed by atoms with Crippen LogP contribution in [0.25, 0.3) is 0 Å². The highest BCUT2D eigenvalue weighted by Gasteiger charge is 2.07. The van der Waals surface area contributed by atoms with E-state index in [1.165, 1.54) is 0 Å². The summed E-state index contributed by atoms with van der Waals surface area (Å²) in [6.07, 6.45) is 0. The number of likely N-dealkylation sites (N-methyl/N-ethyl adjacent to an activating group) is 1. The second-order valence-electron chi connectivity index (χ2n) is 1.44. The molecule has 0 aromatic rings. The van der Waals surface area contributed by atoms with Gasteiger partial charge >= 0.3 is 0 Å². The molecule has 0 spiro atoms. The Morgan fingerprint density at radius 1 is 1.56 bits per heavy atom. The Bertz CT molecular complexity index is 124. The van der Waals surface area contributed by atoms with E-state index < -0.39 is 11.7 Å². The molecule has 0 aromatic heterocycles. The van der Waals surface area contributed by atoms with Crippen LogP contribution < -0.4 is 5.32 Å². The summed E-state index contributed by atoms with van der Waals surface area (Å²) in [5.74, 6) is -1.06. The van der Waals surface area contributed by atoms with E-state index in [0.717, 1.165) is 0 Å². The molecule has 52 valence electrons. The van der Waals surface area contributed by atoms with Gasteiger partial charge in [-0.2, -0.15) is 12.6 Å². The Hall–Kier alpha value is -0.510. The predicted octanol–water partition coefficient (Wildman–Crippen LogP) is -0.379. The van der Waals surface area contributed by atoms with E-state index in [4.69, 9.17) is 0 Å². The van der Waals surface area contributed by atoms with Crippen molar-refractivity contribution in [3.05, 3.63) is 0 Å². The van der Waals surface area contributed by atoms with E-state index >= 15 is 0 Å². The van der Waals surface area contributed by atoms with Crippen molar-refractivity contribution < 1.29 is 9.59 Å². The van der Waals surface area contributed by atoms with Gasteiger partial charge in [0.15, 0.2) is 0 Å². The second-order valence-corrected chi connectivity index (χ2v) is 1.76. The van der Waals surface area contributed by atoms with Crippen LogP contribution in [0.2, 0.25) is 0 Å². The van der Waals surface area contributed by atoms with E-state index in [1.54, 1.807) is 6.92 Å². The SMILES string of the molecule is CCNC(=O)C(=O)CS. The third-order valence-corrected chi connectivity index (χ3v) is 1.02. The number of carbonyl (C=O) groups excluding carboxylic acids is 2. The minimum absolute atomic E-state index is 0.0220. The van der Waals surface area contributed by atoms with E-state index in [9.17, 15) is 9.59 Å². The van der Waals surface area contributed by atoms with Gasteiger partial charge in [-0.05, 0) is 6.92 Å². The maximum absolute atomic E-state index is 10.5. The lowest BCUT2D eigenvalue weighted by molar-refractivity contribution is -0.136. The Balaban J connectivity index is 3.60. The number of carbonyl (C=O) groups is 2. The van der Waals surface area contributed by atoms with E-state index in [-0.39, 0.29) is 5.75 Å². The maximum Gasteiger partial charge on any atom is 0.288 e. The number of amides is 1. The van der Waals surface area contributed by atoms with Gasteiger partial charge in [-0.3, -0.25) is 9.59 Å². The molecule has 0 bridgehead atoms. The van der Waals surface area contributed by atoms with Gasteiger partial charge in [0, 0.05) is 6.54 Å². The molecule has 0 radical (unpaired) electrons.